The summed E-state index contributed by atoms with van der Waals surface area (Å²) in [5.41, 5.74) is -0.756. The highest BCUT2D eigenvalue weighted by Crippen LogP contribution is 2.18. The number of carbonyl (C=O) groups is 1. The summed E-state index contributed by atoms with van der Waals surface area (Å²) in [6.07, 6.45) is -2.13. The van der Waals surface area contributed by atoms with E-state index >= 15 is 0 Å². The number of carboxylic acid groups (broad SMARTS) is 1. The van der Waals surface area contributed by atoms with Gasteiger partial charge in [-0.15, -0.1) is 0 Å². The first-order chi connectivity index (χ1) is 9.11. The van der Waals surface area contributed by atoms with Crippen molar-refractivity contribution in [3.05, 3.63) is 22.7 Å². The summed E-state index contributed by atoms with van der Waals surface area (Å²) in [6.45, 7) is 0.848. The van der Waals surface area contributed by atoms with Gasteiger partial charge in [-0.25, -0.2) is 4.98 Å². The monoisotopic (exact) mass is 293 g/mol. The molecule has 0 unspecified atom stereocenters. The molecule has 6 nitrogen and oxygen atoms in total. The number of aromatic nitrogens is 2. The molecule has 1 aromatic rings. The lowest BCUT2D eigenvalue weighted by atomic mass is 10.3. The van der Waals surface area contributed by atoms with E-state index in [4.69, 9.17) is 5.11 Å². The second-order valence-electron chi connectivity index (χ2n) is 4.42. The molecule has 0 spiro atoms. The lowest BCUT2D eigenvalue weighted by molar-refractivity contribution is -0.136. The lowest BCUT2D eigenvalue weighted by Crippen LogP contribution is -2.42. The second kappa shape index (κ2) is 5.93. The third kappa shape index (κ3) is 4.25. The van der Waals surface area contributed by atoms with Gasteiger partial charge in [0, 0.05) is 18.4 Å². The summed E-state index contributed by atoms with van der Waals surface area (Å²) in [4.78, 5) is 26.7. The Labute approximate surface area is 112 Å². The Hall–Kier alpha value is -2.06. The molecule has 0 bridgehead atoms. The fourth-order valence-electron chi connectivity index (χ4n) is 1.62. The highest BCUT2D eigenvalue weighted by atomic mass is 19.4. The molecule has 112 valence electrons. The van der Waals surface area contributed by atoms with Crippen molar-refractivity contribution in [1.82, 2.24) is 9.55 Å². The maximum atomic E-state index is 12.5. The van der Waals surface area contributed by atoms with Gasteiger partial charge in [0.15, 0.2) is 5.82 Å². The first-order valence-corrected chi connectivity index (χ1v) is 5.72. The average Bonchev–Trinajstić information content (AvgIpc) is 2.25. The van der Waals surface area contributed by atoms with Gasteiger partial charge in [0.1, 0.15) is 13.1 Å². The molecule has 0 aliphatic carbocycles. The normalized spacial score (nSPS) is 11.7. The Bertz CT molecular complexity index is 540. The van der Waals surface area contributed by atoms with Crippen LogP contribution in [-0.4, -0.2) is 39.9 Å². The van der Waals surface area contributed by atoms with Gasteiger partial charge < -0.3 is 14.6 Å². The molecule has 1 heterocycles. The first-order valence-electron chi connectivity index (χ1n) is 5.72. The first kappa shape index (κ1) is 16.0. The van der Waals surface area contributed by atoms with E-state index < -0.39 is 36.6 Å². The molecule has 0 amide bonds. The van der Waals surface area contributed by atoms with E-state index in [0.717, 1.165) is 0 Å². The number of hydrogen-bond donors (Lipinski definition) is 1. The van der Waals surface area contributed by atoms with Crippen molar-refractivity contribution in [3.63, 3.8) is 0 Å². The standard InChI is InChI=1S/C11H14F3N3O3/c1-7(2)17-4-3-15-9(10(17)20)16(5-8(18)19)6-11(12,13)14/h3-4,7H,5-6H2,1-2H3,(H,18,19). The summed E-state index contributed by atoms with van der Waals surface area (Å²) in [7, 11) is 0. The number of alkyl halides is 3. The molecular formula is C11H14F3N3O3. The van der Waals surface area contributed by atoms with Crippen LogP contribution in [0.5, 0.6) is 0 Å². The highest BCUT2D eigenvalue weighted by Gasteiger charge is 2.33. The molecule has 0 atom stereocenters. The van der Waals surface area contributed by atoms with Crippen molar-refractivity contribution in [2.75, 3.05) is 18.0 Å². The quantitative estimate of drug-likeness (QED) is 0.885. The summed E-state index contributed by atoms with van der Waals surface area (Å²) in [5, 5.41) is 8.67. The SMILES string of the molecule is CC(C)n1ccnc(N(CC(=O)O)CC(F)(F)F)c1=O. The van der Waals surface area contributed by atoms with Crippen molar-refractivity contribution in [1.29, 1.82) is 0 Å². The van der Waals surface area contributed by atoms with Crippen LogP contribution in [-0.2, 0) is 4.79 Å². The second-order valence-corrected chi connectivity index (χ2v) is 4.42. The molecule has 0 aliphatic heterocycles. The summed E-state index contributed by atoms with van der Waals surface area (Å²) in [6, 6.07) is -0.276. The maximum Gasteiger partial charge on any atom is 0.405 e. The van der Waals surface area contributed by atoms with Crippen LogP contribution in [0.1, 0.15) is 19.9 Å². The Morgan fingerprint density at radius 1 is 1.50 bits per heavy atom. The number of aliphatic carboxylic acids is 1. The van der Waals surface area contributed by atoms with E-state index in [1.807, 2.05) is 0 Å². The third-order valence-corrected chi connectivity index (χ3v) is 2.40. The minimum Gasteiger partial charge on any atom is -0.480 e. The Kier molecular flexibility index (Phi) is 4.74. The Morgan fingerprint density at radius 2 is 2.10 bits per heavy atom. The molecular weight excluding hydrogens is 279 g/mol. The minimum absolute atomic E-state index is 0.276. The highest BCUT2D eigenvalue weighted by molar-refractivity contribution is 5.73. The maximum absolute atomic E-state index is 12.5. The fraction of sp³-hybridized carbons (Fsp3) is 0.545. The molecule has 0 fully saturated rings. The van der Waals surface area contributed by atoms with Gasteiger partial charge in [-0.05, 0) is 13.8 Å². The van der Waals surface area contributed by atoms with Gasteiger partial charge in [0.05, 0.1) is 0 Å². The van der Waals surface area contributed by atoms with Gasteiger partial charge in [-0.2, -0.15) is 13.2 Å². The van der Waals surface area contributed by atoms with Crippen LogP contribution in [0.2, 0.25) is 0 Å². The summed E-state index contributed by atoms with van der Waals surface area (Å²) >= 11 is 0. The number of carboxylic acids is 1. The topological polar surface area (TPSA) is 75.4 Å². The van der Waals surface area contributed by atoms with Crippen molar-refractivity contribution < 1.29 is 23.1 Å². The predicted octanol–water partition coefficient (Wildman–Crippen LogP) is 1.28. The molecule has 0 radical (unpaired) electrons. The van der Waals surface area contributed by atoms with Gasteiger partial charge in [0.25, 0.3) is 5.56 Å². The smallest absolute Gasteiger partial charge is 0.405 e. The van der Waals surface area contributed by atoms with E-state index in [2.05, 4.69) is 4.98 Å². The molecule has 0 saturated carbocycles. The molecule has 9 heteroatoms. The van der Waals surface area contributed by atoms with Gasteiger partial charge in [-0.1, -0.05) is 0 Å². The van der Waals surface area contributed by atoms with Crippen molar-refractivity contribution in [2.45, 2.75) is 26.1 Å². The summed E-state index contributed by atoms with van der Waals surface area (Å²) < 4.78 is 38.6. The zero-order valence-corrected chi connectivity index (χ0v) is 10.9. The number of rotatable bonds is 5. The van der Waals surface area contributed by atoms with Crippen LogP contribution in [0.15, 0.2) is 17.2 Å². The fourth-order valence-corrected chi connectivity index (χ4v) is 1.62. The molecule has 20 heavy (non-hydrogen) atoms. The van der Waals surface area contributed by atoms with Crippen LogP contribution in [0.4, 0.5) is 19.0 Å². The molecule has 1 aromatic heterocycles. The third-order valence-electron chi connectivity index (χ3n) is 2.40. The van der Waals surface area contributed by atoms with Crippen LogP contribution in [0.3, 0.4) is 0 Å². The number of halogens is 3. The average molecular weight is 293 g/mol. The van der Waals surface area contributed by atoms with Gasteiger partial charge >= 0.3 is 12.1 Å². The molecule has 1 N–H and O–H groups in total. The Balaban J connectivity index is 3.23. The van der Waals surface area contributed by atoms with Crippen molar-refractivity contribution >= 4 is 11.8 Å². The van der Waals surface area contributed by atoms with E-state index in [-0.39, 0.29) is 6.04 Å². The lowest BCUT2D eigenvalue weighted by Gasteiger charge is -2.23. The Morgan fingerprint density at radius 3 is 2.55 bits per heavy atom. The molecule has 1 rings (SSSR count). The zero-order chi connectivity index (χ0) is 15.5. The molecule has 0 saturated heterocycles. The van der Waals surface area contributed by atoms with Crippen LogP contribution < -0.4 is 10.5 Å². The van der Waals surface area contributed by atoms with E-state index in [1.54, 1.807) is 13.8 Å². The van der Waals surface area contributed by atoms with E-state index in [1.165, 1.54) is 17.0 Å². The zero-order valence-electron chi connectivity index (χ0n) is 10.9. The van der Waals surface area contributed by atoms with Crippen molar-refractivity contribution in [2.24, 2.45) is 0 Å². The van der Waals surface area contributed by atoms with Crippen molar-refractivity contribution in [3.8, 4) is 0 Å². The minimum atomic E-state index is -4.64. The number of anilines is 1. The van der Waals surface area contributed by atoms with E-state index in [9.17, 15) is 22.8 Å². The summed E-state index contributed by atoms with van der Waals surface area (Å²) in [5.74, 6) is -2.00. The predicted molar refractivity (Wildman–Crippen MR) is 64.8 cm³/mol. The largest absolute Gasteiger partial charge is 0.480 e. The molecule has 0 aromatic carbocycles. The van der Waals surface area contributed by atoms with Gasteiger partial charge in [-0.3, -0.25) is 9.59 Å². The number of nitrogens with zero attached hydrogens (tertiary/aromatic N) is 3. The van der Waals surface area contributed by atoms with E-state index in [0.29, 0.717) is 4.90 Å². The molecule has 0 aliphatic rings. The van der Waals surface area contributed by atoms with Crippen LogP contribution in [0.25, 0.3) is 0 Å². The number of hydrogen-bond acceptors (Lipinski definition) is 4. The van der Waals surface area contributed by atoms with Crippen LogP contribution >= 0.6 is 0 Å². The van der Waals surface area contributed by atoms with Gasteiger partial charge in [0.2, 0.25) is 0 Å². The van der Waals surface area contributed by atoms with Crippen LogP contribution in [0, 0.1) is 0 Å².